The first-order chi connectivity index (χ1) is 19.3. The van der Waals surface area contributed by atoms with Crippen molar-refractivity contribution >= 4 is 27.2 Å². The number of fused-ring (bicyclic) bond motifs is 7. The maximum atomic E-state index is 6.51. The highest BCUT2D eigenvalue weighted by Crippen LogP contribution is 2.50. The van der Waals surface area contributed by atoms with Gasteiger partial charge < -0.3 is 9.47 Å². The lowest BCUT2D eigenvalue weighted by molar-refractivity contribution is 0.299. The second-order valence-corrected chi connectivity index (χ2v) is 9.68. The third-order valence-corrected chi connectivity index (χ3v) is 7.38. The summed E-state index contributed by atoms with van der Waals surface area (Å²) in [5, 5.41) is 9.09. The molecule has 0 aliphatic carbocycles. The lowest BCUT2D eigenvalue weighted by Crippen LogP contribution is -2.15. The zero-order valence-corrected chi connectivity index (χ0v) is 20.9. The number of nitrogens with zero attached hydrogens (tertiary/aromatic N) is 4. The van der Waals surface area contributed by atoms with Crippen molar-refractivity contribution in [3.8, 4) is 17.4 Å². The molecule has 0 bridgehead atoms. The quantitative estimate of drug-likeness (QED) is 0.251. The molecule has 1 aliphatic heterocycles. The van der Waals surface area contributed by atoms with Crippen LogP contribution >= 0.6 is 0 Å². The van der Waals surface area contributed by atoms with Gasteiger partial charge in [0.1, 0.15) is 24.4 Å². The van der Waals surface area contributed by atoms with Gasteiger partial charge in [-0.25, -0.2) is 14.5 Å². The Kier molecular flexibility index (Phi) is 4.85. The molecule has 2 aromatic heterocycles. The van der Waals surface area contributed by atoms with E-state index >= 15 is 0 Å². The van der Waals surface area contributed by atoms with E-state index in [9.17, 15) is 0 Å². The van der Waals surface area contributed by atoms with E-state index in [2.05, 4.69) is 66.7 Å². The van der Waals surface area contributed by atoms with Gasteiger partial charge in [0.2, 0.25) is 5.88 Å². The van der Waals surface area contributed by atoms with Crippen LogP contribution in [0.2, 0.25) is 0 Å². The Morgan fingerprint density at radius 1 is 0.744 bits per heavy atom. The Labute approximate surface area is 224 Å². The fraction of sp³-hybridized carbons (Fsp3) is 0.0606. The van der Waals surface area contributed by atoms with Gasteiger partial charge >= 0.3 is 0 Å². The summed E-state index contributed by atoms with van der Waals surface area (Å²) in [5.74, 6) is 2.66. The SMILES string of the molecule is c1ccc([C@@H]2c3ccc4ccccc4c3Oc3ncn4nc(COc5cccc6ccccc56)nc4c32)cc1. The molecule has 8 rings (SSSR count). The molecule has 3 heterocycles. The van der Waals surface area contributed by atoms with Crippen molar-refractivity contribution in [3.05, 3.63) is 138 Å². The van der Waals surface area contributed by atoms with Gasteiger partial charge in [0.15, 0.2) is 11.5 Å². The maximum absolute atomic E-state index is 6.51. The molecule has 0 unspecified atom stereocenters. The molecule has 1 atom stereocenters. The minimum atomic E-state index is -0.109. The van der Waals surface area contributed by atoms with Gasteiger partial charge in [-0.3, -0.25) is 0 Å². The van der Waals surface area contributed by atoms with Crippen LogP contribution in [0.4, 0.5) is 0 Å². The van der Waals surface area contributed by atoms with E-state index in [1.807, 2.05) is 42.5 Å². The lowest BCUT2D eigenvalue weighted by atomic mass is 9.83. The highest BCUT2D eigenvalue weighted by Gasteiger charge is 2.34. The largest absolute Gasteiger partial charge is 0.485 e. The van der Waals surface area contributed by atoms with Crippen LogP contribution in [0.15, 0.2) is 116 Å². The van der Waals surface area contributed by atoms with E-state index in [0.717, 1.165) is 49.7 Å². The van der Waals surface area contributed by atoms with E-state index in [4.69, 9.17) is 24.5 Å². The molecule has 39 heavy (non-hydrogen) atoms. The van der Waals surface area contributed by atoms with Gasteiger partial charge in [-0.15, -0.1) is 5.10 Å². The minimum Gasteiger partial charge on any atom is -0.485 e. The topological polar surface area (TPSA) is 61.5 Å². The van der Waals surface area contributed by atoms with Gasteiger partial charge in [-0.05, 0) is 22.4 Å². The van der Waals surface area contributed by atoms with Gasteiger partial charge in [0.25, 0.3) is 0 Å². The third-order valence-electron chi connectivity index (χ3n) is 7.38. The molecule has 0 spiro atoms. The number of hydrogen-bond acceptors (Lipinski definition) is 5. The van der Waals surface area contributed by atoms with Crippen molar-refractivity contribution in [1.82, 2.24) is 19.6 Å². The monoisotopic (exact) mass is 506 g/mol. The Morgan fingerprint density at radius 2 is 1.49 bits per heavy atom. The van der Waals surface area contributed by atoms with Crippen molar-refractivity contribution in [3.63, 3.8) is 0 Å². The normalized spacial score (nSPS) is 14.2. The van der Waals surface area contributed by atoms with Crippen LogP contribution in [-0.2, 0) is 6.61 Å². The molecule has 186 valence electrons. The summed E-state index contributed by atoms with van der Waals surface area (Å²) in [7, 11) is 0. The van der Waals surface area contributed by atoms with E-state index in [-0.39, 0.29) is 12.5 Å². The van der Waals surface area contributed by atoms with Crippen LogP contribution in [0.25, 0.3) is 27.2 Å². The highest BCUT2D eigenvalue weighted by atomic mass is 16.5. The Hall–Kier alpha value is -5.23. The second-order valence-electron chi connectivity index (χ2n) is 9.68. The van der Waals surface area contributed by atoms with E-state index < -0.39 is 0 Å². The van der Waals surface area contributed by atoms with Crippen molar-refractivity contribution in [2.45, 2.75) is 12.5 Å². The standard InChI is InChI=1S/C33H22N4O2/c1-2-11-23(12-3-1)29-26-18-17-22-10-5-7-15-25(22)31(26)39-33-30(29)32-35-28(36-37(32)20-34-33)19-38-27-16-8-13-21-9-4-6-14-24(21)27/h1-18,20,29H,19H2/t29-/m1/s1. The summed E-state index contributed by atoms with van der Waals surface area (Å²) >= 11 is 0. The Morgan fingerprint density at radius 3 is 2.36 bits per heavy atom. The average molecular weight is 507 g/mol. The summed E-state index contributed by atoms with van der Waals surface area (Å²) in [4.78, 5) is 9.64. The smallest absolute Gasteiger partial charge is 0.228 e. The van der Waals surface area contributed by atoms with Crippen molar-refractivity contribution in [2.75, 3.05) is 0 Å². The van der Waals surface area contributed by atoms with Crippen molar-refractivity contribution < 1.29 is 9.47 Å². The van der Waals surface area contributed by atoms with Crippen LogP contribution in [0.3, 0.4) is 0 Å². The van der Waals surface area contributed by atoms with Gasteiger partial charge in [0, 0.05) is 22.3 Å². The first-order valence-electron chi connectivity index (χ1n) is 12.9. The summed E-state index contributed by atoms with van der Waals surface area (Å²) in [6, 6.07) is 37.3. The van der Waals surface area contributed by atoms with Gasteiger partial charge in [0.05, 0.1) is 5.56 Å². The van der Waals surface area contributed by atoms with Crippen LogP contribution in [0.1, 0.15) is 28.4 Å². The van der Waals surface area contributed by atoms with Crippen LogP contribution in [0.5, 0.6) is 17.4 Å². The second kappa shape index (κ2) is 8.67. The first kappa shape index (κ1) is 21.8. The number of ether oxygens (including phenoxy) is 2. The predicted molar refractivity (Wildman–Crippen MR) is 150 cm³/mol. The van der Waals surface area contributed by atoms with E-state index in [1.165, 1.54) is 0 Å². The Balaban J connectivity index is 1.25. The Bertz CT molecular complexity index is 2010. The van der Waals surface area contributed by atoms with Gasteiger partial charge in [-0.1, -0.05) is 103 Å². The average Bonchev–Trinajstić information content (AvgIpc) is 3.43. The molecule has 5 aromatic carbocycles. The first-order valence-corrected chi connectivity index (χ1v) is 12.9. The molecule has 0 saturated carbocycles. The molecular weight excluding hydrogens is 484 g/mol. The summed E-state index contributed by atoms with van der Waals surface area (Å²) in [5.41, 5.74) is 3.84. The number of rotatable bonds is 4. The highest BCUT2D eigenvalue weighted by molar-refractivity contribution is 5.91. The molecule has 0 amide bonds. The minimum absolute atomic E-state index is 0.109. The molecule has 7 aromatic rings. The fourth-order valence-corrected chi connectivity index (χ4v) is 5.61. The van der Waals surface area contributed by atoms with Crippen molar-refractivity contribution in [2.24, 2.45) is 0 Å². The molecule has 1 aliphatic rings. The number of aromatic nitrogens is 4. The number of hydrogen-bond donors (Lipinski definition) is 0. The van der Waals surface area contributed by atoms with Gasteiger partial charge in [-0.2, -0.15) is 0 Å². The molecule has 6 heteroatoms. The maximum Gasteiger partial charge on any atom is 0.228 e. The molecule has 0 N–H and O–H groups in total. The zero-order valence-electron chi connectivity index (χ0n) is 20.9. The van der Waals surface area contributed by atoms with Crippen LogP contribution < -0.4 is 9.47 Å². The summed E-state index contributed by atoms with van der Waals surface area (Å²) < 4.78 is 14.4. The molecule has 0 fully saturated rings. The zero-order chi connectivity index (χ0) is 25.8. The van der Waals surface area contributed by atoms with Crippen LogP contribution in [-0.4, -0.2) is 19.6 Å². The van der Waals surface area contributed by atoms with Crippen LogP contribution in [0, 0.1) is 0 Å². The van der Waals surface area contributed by atoms with Crippen molar-refractivity contribution in [1.29, 1.82) is 0 Å². The van der Waals surface area contributed by atoms with E-state index in [1.54, 1.807) is 10.8 Å². The van der Waals surface area contributed by atoms with E-state index in [0.29, 0.717) is 17.4 Å². The summed E-state index contributed by atoms with van der Waals surface area (Å²) in [6.07, 6.45) is 1.67. The predicted octanol–water partition coefficient (Wildman–Crippen LogP) is 7.30. The third kappa shape index (κ3) is 3.53. The molecule has 6 nitrogen and oxygen atoms in total. The molecule has 0 saturated heterocycles. The fourth-order valence-electron chi connectivity index (χ4n) is 5.61. The number of benzene rings is 5. The lowest BCUT2D eigenvalue weighted by Gasteiger charge is -2.28. The molecule has 0 radical (unpaired) electrons. The summed E-state index contributed by atoms with van der Waals surface area (Å²) in [6.45, 7) is 0.239. The molecular formula is C33H22N4O2.